The van der Waals surface area contributed by atoms with Gasteiger partial charge >= 0.3 is 0 Å². The average molecular weight is 319 g/mol. The van der Waals surface area contributed by atoms with Gasteiger partial charge in [-0.25, -0.2) is 4.98 Å². The van der Waals surface area contributed by atoms with Crippen LogP contribution >= 0.6 is 0 Å². The fraction of sp³-hybridized carbons (Fsp3) is 0.722. The lowest BCUT2D eigenvalue weighted by Crippen LogP contribution is -2.49. The van der Waals surface area contributed by atoms with Crippen LogP contribution in [0, 0.1) is 0 Å². The second-order valence-electron chi connectivity index (χ2n) is 6.89. The Morgan fingerprint density at radius 2 is 2.17 bits per heavy atom. The molecule has 2 fully saturated rings. The van der Waals surface area contributed by atoms with E-state index in [0.717, 1.165) is 45.2 Å². The molecule has 1 aromatic rings. The summed E-state index contributed by atoms with van der Waals surface area (Å²) in [6.45, 7) is 5.51. The summed E-state index contributed by atoms with van der Waals surface area (Å²) in [5.41, 5.74) is 1.43. The van der Waals surface area contributed by atoms with Crippen molar-refractivity contribution in [3.8, 4) is 0 Å². The van der Waals surface area contributed by atoms with Crippen LogP contribution in [0.3, 0.4) is 0 Å². The quantitative estimate of drug-likeness (QED) is 0.804. The molecule has 0 amide bonds. The molecule has 2 heterocycles. The highest BCUT2D eigenvalue weighted by atomic mass is 16.5. The highest BCUT2D eigenvalue weighted by Gasteiger charge is 2.39. The predicted octanol–water partition coefficient (Wildman–Crippen LogP) is 2.31. The van der Waals surface area contributed by atoms with Gasteiger partial charge in [-0.3, -0.25) is 4.90 Å². The van der Waals surface area contributed by atoms with Crippen molar-refractivity contribution < 1.29 is 9.47 Å². The summed E-state index contributed by atoms with van der Waals surface area (Å²) in [7, 11) is 3.77. The summed E-state index contributed by atoms with van der Waals surface area (Å²) < 4.78 is 11.2. The molecule has 0 N–H and O–H groups in total. The van der Waals surface area contributed by atoms with E-state index >= 15 is 0 Å². The Morgan fingerprint density at radius 1 is 1.35 bits per heavy atom. The van der Waals surface area contributed by atoms with Gasteiger partial charge in [0.1, 0.15) is 5.82 Å². The molecule has 0 atom stereocenters. The van der Waals surface area contributed by atoms with E-state index in [1.807, 2.05) is 13.2 Å². The summed E-state index contributed by atoms with van der Waals surface area (Å²) in [5, 5.41) is 0. The third kappa shape index (κ3) is 4.22. The van der Waals surface area contributed by atoms with E-state index in [-0.39, 0.29) is 5.60 Å². The lowest BCUT2D eigenvalue weighted by atomic mass is 9.99. The van der Waals surface area contributed by atoms with E-state index in [1.165, 1.54) is 31.2 Å². The number of likely N-dealkylation sites (N-methyl/N-ethyl adjacent to an activating group) is 1. The first-order chi connectivity index (χ1) is 11.2. The van der Waals surface area contributed by atoms with Crippen LogP contribution in [-0.4, -0.2) is 62.5 Å². The summed E-state index contributed by atoms with van der Waals surface area (Å²) in [5.74, 6) is 1.00. The lowest BCUT2D eigenvalue weighted by molar-refractivity contribution is -0.107. The van der Waals surface area contributed by atoms with Crippen molar-refractivity contribution in [3.05, 3.63) is 23.9 Å². The van der Waals surface area contributed by atoms with Gasteiger partial charge in [0.05, 0.1) is 18.8 Å². The van der Waals surface area contributed by atoms with Crippen molar-refractivity contribution >= 4 is 5.82 Å². The minimum absolute atomic E-state index is 0.145. The zero-order valence-corrected chi connectivity index (χ0v) is 14.5. The number of aromatic nitrogens is 1. The first kappa shape index (κ1) is 16.7. The maximum absolute atomic E-state index is 6.11. The van der Waals surface area contributed by atoms with Crippen molar-refractivity contribution in [3.63, 3.8) is 0 Å². The minimum atomic E-state index is 0.145. The minimum Gasteiger partial charge on any atom is -0.383 e. The molecule has 128 valence electrons. The highest BCUT2D eigenvalue weighted by Crippen LogP contribution is 2.36. The van der Waals surface area contributed by atoms with Gasteiger partial charge in [0.15, 0.2) is 0 Å². The third-order valence-electron chi connectivity index (χ3n) is 5.08. The maximum atomic E-state index is 6.11. The van der Waals surface area contributed by atoms with Crippen LogP contribution in [0.4, 0.5) is 5.82 Å². The van der Waals surface area contributed by atoms with Gasteiger partial charge in [-0.05, 0) is 24.5 Å². The number of pyridine rings is 1. The number of methoxy groups -OCH3 is 1. The second-order valence-corrected chi connectivity index (χ2v) is 6.89. The first-order valence-electron chi connectivity index (χ1n) is 8.72. The predicted molar refractivity (Wildman–Crippen MR) is 91.8 cm³/mol. The van der Waals surface area contributed by atoms with Gasteiger partial charge < -0.3 is 14.4 Å². The molecule has 1 saturated carbocycles. The monoisotopic (exact) mass is 319 g/mol. The molecular formula is C18H29N3O2. The van der Waals surface area contributed by atoms with Crippen LogP contribution in [-0.2, 0) is 16.0 Å². The smallest absolute Gasteiger partial charge is 0.128 e. The van der Waals surface area contributed by atoms with Gasteiger partial charge in [-0.1, -0.05) is 18.9 Å². The molecule has 5 nitrogen and oxygen atoms in total. The number of hydrogen-bond acceptors (Lipinski definition) is 5. The molecule has 0 unspecified atom stereocenters. The average Bonchev–Trinajstić information content (AvgIpc) is 3.01. The molecule has 1 aliphatic carbocycles. The topological polar surface area (TPSA) is 37.8 Å². The normalized spacial score (nSPS) is 21.0. The van der Waals surface area contributed by atoms with E-state index < -0.39 is 0 Å². The molecule has 1 aromatic heterocycles. The van der Waals surface area contributed by atoms with Crippen molar-refractivity contribution in [2.24, 2.45) is 0 Å². The van der Waals surface area contributed by atoms with E-state index in [1.54, 1.807) is 7.11 Å². The maximum Gasteiger partial charge on any atom is 0.128 e. The number of rotatable bonds is 6. The molecule has 1 spiro atoms. The summed E-state index contributed by atoms with van der Waals surface area (Å²) >= 11 is 0. The highest BCUT2D eigenvalue weighted by molar-refractivity contribution is 5.38. The van der Waals surface area contributed by atoms with Gasteiger partial charge in [-0.15, -0.1) is 0 Å². The number of hydrogen-bond donors (Lipinski definition) is 0. The van der Waals surface area contributed by atoms with Crippen LogP contribution in [0.1, 0.15) is 31.2 Å². The van der Waals surface area contributed by atoms with Gasteiger partial charge in [0.25, 0.3) is 0 Å². The Labute approximate surface area is 139 Å². The van der Waals surface area contributed by atoms with Crippen LogP contribution in [0.15, 0.2) is 18.3 Å². The number of nitrogens with zero attached hydrogens (tertiary/aromatic N) is 3. The van der Waals surface area contributed by atoms with Gasteiger partial charge in [-0.2, -0.15) is 0 Å². The van der Waals surface area contributed by atoms with Crippen molar-refractivity contribution in [1.82, 2.24) is 9.88 Å². The molecule has 0 radical (unpaired) electrons. The number of ether oxygens (including phenoxy) is 2. The standard InChI is InChI=1S/C18H29N3O2/c1-20(9-11-22-2)17-6-5-16(13-19-17)14-21-10-12-23-18(15-21)7-3-4-8-18/h5-6,13H,3-4,7-12,14-15H2,1-2H3. The van der Waals surface area contributed by atoms with Crippen molar-refractivity contribution in [2.75, 3.05) is 51.9 Å². The fourth-order valence-electron chi connectivity index (χ4n) is 3.72. The number of morpholine rings is 1. The summed E-state index contributed by atoms with van der Waals surface area (Å²) in [6, 6.07) is 4.30. The SMILES string of the molecule is COCCN(C)c1ccc(CN2CCOC3(CCCC3)C2)cn1. The Balaban J connectivity index is 1.55. The molecule has 1 saturated heterocycles. The molecule has 0 aromatic carbocycles. The number of anilines is 1. The second kappa shape index (κ2) is 7.60. The van der Waals surface area contributed by atoms with E-state index in [0.29, 0.717) is 0 Å². The Hall–Kier alpha value is -1.17. The Kier molecular flexibility index (Phi) is 5.51. The largest absolute Gasteiger partial charge is 0.383 e. The van der Waals surface area contributed by atoms with Gasteiger partial charge in [0, 0.05) is 46.5 Å². The molecular weight excluding hydrogens is 290 g/mol. The van der Waals surface area contributed by atoms with E-state index in [2.05, 4.69) is 26.9 Å². The van der Waals surface area contributed by atoms with E-state index in [9.17, 15) is 0 Å². The fourth-order valence-corrected chi connectivity index (χ4v) is 3.72. The van der Waals surface area contributed by atoms with Crippen LogP contribution in [0.5, 0.6) is 0 Å². The van der Waals surface area contributed by atoms with Crippen LogP contribution in [0.2, 0.25) is 0 Å². The van der Waals surface area contributed by atoms with Crippen LogP contribution in [0.25, 0.3) is 0 Å². The molecule has 0 bridgehead atoms. The zero-order chi connectivity index (χ0) is 16.1. The zero-order valence-electron chi connectivity index (χ0n) is 14.5. The molecule has 5 heteroatoms. The van der Waals surface area contributed by atoms with Crippen molar-refractivity contribution in [1.29, 1.82) is 0 Å². The lowest BCUT2D eigenvalue weighted by Gasteiger charge is -2.40. The summed E-state index contributed by atoms with van der Waals surface area (Å²) in [4.78, 5) is 9.25. The van der Waals surface area contributed by atoms with Crippen molar-refractivity contribution in [2.45, 2.75) is 37.8 Å². The molecule has 23 heavy (non-hydrogen) atoms. The molecule has 3 rings (SSSR count). The molecule has 2 aliphatic rings. The van der Waals surface area contributed by atoms with E-state index in [4.69, 9.17) is 9.47 Å². The van der Waals surface area contributed by atoms with Crippen LogP contribution < -0.4 is 4.90 Å². The Bertz CT molecular complexity index is 486. The Morgan fingerprint density at radius 3 is 2.87 bits per heavy atom. The molecule has 1 aliphatic heterocycles. The van der Waals surface area contributed by atoms with Gasteiger partial charge in [0.2, 0.25) is 0 Å². The third-order valence-corrected chi connectivity index (χ3v) is 5.08. The first-order valence-corrected chi connectivity index (χ1v) is 8.72. The summed E-state index contributed by atoms with van der Waals surface area (Å²) in [6.07, 6.45) is 7.10.